The van der Waals surface area contributed by atoms with Gasteiger partial charge in [-0.2, -0.15) is 0 Å². The summed E-state index contributed by atoms with van der Waals surface area (Å²) in [5.74, 6) is 2.30. The van der Waals surface area contributed by atoms with Gasteiger partial charge in [0.05, 0.1) is 0 Å². The molecule has 20 heavy (non-hydrogen) atoms. The van der Waals surface area contributed by atoms with E-state index in [1.165, 1.54) is 22.3 Å². The van der Waals surface area contributed by atoms with Crippen molar-refractivity contribution in [2.75, 3.05) is 0 Å². The summed E-state index contributed by atoms with van der Waals surface area (Å²) in [5, 5.41) is 0. The Labute approximate surface area is 118 Å². The molecule has 0 bridgehead atoms. The third-order valence-electron chi connectivity index (χ3n) is 4.12. The largest absolute Gasteiger partial charge is 0.462 e. The first-order valence-electron chi connectivity index (χ1n) is 7.06. The van der Waals surface area contributed by atoms with Crippen molar-refractivity contribution < 1.29 is 4.42 Å². The van der Waals surface area contributed by atoms with E-state index in [9.17, 15) is 0 Å². The van der Waals surface area contributed by atoms with Gasteiger partial charge in [-0.3, -0.25) is 0 Å². The maximum atomic E-state index is 5.87. The van der Waals surface area contributed by atoms with E-state index in [1.807, 2.05) is 13.0 Å². The van der Waals surface area contributed by atoms with Gasteiger partial charge in [0.1, 0.15) is 11.5 Å². The Hall–Kier alpha value is -2.28. The van der Waals surface area contributed by atoms with Crippen LogP contribution in [0.4, 0.5) is 0 Å². The highest BCUT2D eigenvalue weighted by atomic mass is 16.3. The molecule has 2 aliphatic rings. The van der Waals surface area contributed by atoms with Gasteiger partial charge in [-0.1, -0.05) is 48.1 Å². The highest BCUT2D eigenvalue weighted by Crippen LogP contribution is 2.47. The van der Waals surface area contributed by atoms with Crippen LogP contribution in [0, 0.1) is 6.92 Å². The number of benzene rings is 1. The van der Waals surface area contributed by atoms with Crippen molar-refractivity contribution in [3.63, 3.8) is 0 Å². The minimum absolute atomic E-state index is 0.340. The van der Waals surface area contributed by atoms with Crippen LogP contribution >= 0.6 is 0 Å². The molecule has 0 fully saturated rings. The molecular formula is C19H16O. The predicted octanol–water partition coefficient (Wildman–Crippen LogP) is 5.11. The fourth-order valence-corrected chi connectivity index (χ4v) is 3.20. The molecule has 1 atom stereocenters. The molecule has 1 heteroatoms. The number of furan rings is 1. The van der Waals surface area contributed by atoms with Crippen LogP contribution in [0.5, 0.6) is 0 Å². The lowest BCUT2D eigenvalue weighted by atomic mass is 9.86. The molecular weight excluding hydrogens is 244 g/mol. The number of hydrogen-bond acceptors (Lipinski definition) is 1. The molecule has 0 radical (unpaired) electrons. The lowest BCUT2D eigenvalue weighted by molar-refractivity contribution is 0.519. The van der Waals surface area contributed by atoms with Crippen LogP contribution in [0.25, 0.3) is 11.6 Å². The number of fused-ring (bicyclic) bond motifs is 1. The van der Waals surface area contributed by atoms with E-state index in [1.54, 1.807) is 0 Å². The first-order chi connectivity index (χ1) is 9.83. The average Bonchev–Trinajstić information content (AvgIpc) is 3.15. The van der Waals surface area contributed by atoms with Crippen LogP contribution in [0.3, 0.4) is 0 Å². The van der Waals surface area contributed by atoms with Gasteiger partial charge in [0.2, 0.25) is 0 Å². The lowest BCUT2D eigenvalue weighted by Gasteiger charge is -2.17. The molecule has 1 unspecified atom stereocenters. The Morgan fingerprint density at radius 1 is 1.10 bits per heavy atom. The second-order valence-corrected chi connectivity index (χ2v) is 5.45. The van der Waals surface area contributed by atoms with Gasteiger partial charge in [-0.25, -0.2) is 0 Å². The van der Waals surface area contributed by atoms with E-state index in [4.69, 9.17) is 4.42 Å². The van der Waals surface area contributed by atoms with Gasteiger partial charge in [-0.15, -0.1) is 0 Å². The van der Waals surface area contributed by atoms with Crippen LogP contribution in [0.2, 0.25) is 0 Å². The Bertz CT molecular complexity index is 756. The fourth-order valence-electron chi connectivity index (χ4n) is 3.20. The molecule has 1 heterocycles. The molecule has 98 valence electrons. The Morgan fingerprint density at radius 2 is 2.00 bits per heavy atom. The average molecular weight is 260 g/mol. The summed E-state index contributed by atoms with van der Waals surface area (Å²) in [5.41, 5.74) is 5.45. The smallest absolute Gasteiger partial charge is 0.131 e. The molecule has 0 saturated carbocycles. The van der Waals surface area contributed by atoms with Crippen molar-refractivity contribution in [2.24, 2.45) is 0 Å². The van der Waals surface area contributed by atoms with Crippen molar-refractivity contribution in [1.29, 1.82) is 0 Å². The number of aryl methyl sites for hydroxylation is 1. The maximum absolute atomic E-state index is 5.87. The summed E-state index contributed by atoms with van der Waals surface area (Å²) >= 11 is 0. The summed E-state index contributed by atoms with van der Waals surface area (Å²) in [6.07, 6.45) is 9.94. The van der Waals surface area contributed by atoms with Crippen LogP contribution in [0.1, 0.15) is 35.0 Å². The van der Waals surface area contributed by atoms with Crippen molar-refractivity contribution in [2.45, 2.75) is 19.3 Å². The SMILES string of the molecule is Cc1ccc(C2=Cc3ccccc3C2C2=CC=CC2)o1. The van der Waals surface area contributed by atoms with Crippen molar-refractivity contribution >= 4 is 11.6 Å². The molecule has 1 aromatic heterocycles. The fraction of sp³-hybridized carbons (Fsp3) is 0.158. The number of rotatable bonds is 2. The second-order valence-electron chi connectivity index (χ2n) is 5.45. The highest BCUT2D eigenvalue weighted by molar-refractivity contribution is 5.92. The van der Waals surface area contributed by atoms with Gasteiger partial charge in [0.15, 0.2) is 0 Å². The second kappa shape index (κ2) is 4.38. The van der Waals surface area contributed by atoms with Crippen LogP contribution in [-0.4, -0.2) is 0 Å². The Balaban J connectivity index is 1.85. The molecule has 1 nitrogen and oxygen atoms in total. The van der Waals surface area contributed by atoms with Crippen molar-refractivity contribution in [1.82, 2.24) is 0 Å². The molecule has 4 rings (SSSR count). The van der Waals surface area contributed by atoms with Gasteiger partial charge >= 0.3 is 0 Å². The summed E-state index contributed by atoms with van der Waals surface area (Å²) in [7, 11) is 0. The highest BCUT2D eigenvalue weighted by Gasteiger charge is 2.30. The van der Waals surface area contributed by atoms with Crippen LogP contribution in [0.15, 0.2) is 64.6 Å². The van der Waals surface area contributed by atoms with Crippen molar-refractivity contribution in [3.05, 3.63) is 82.8 Å². The maximum Gasteiger partial charge on any atom is 0.131 e. The van der Waals surface area contributed by atoms with Gasteiger partial charge in [0.25, 0.3) is 0 Å². The van der Waals surface area contributed by atoms with Crippen molar-refractivity contribution in [3.8, 4) is 0 Å². The molecule has 0 spiro atoms. The zero-order valence-electron chi connectivity index (χ0n) is 11.5. The summed E-state index contributed by atoms with van der Waals surface area (Å²) in [6.45, 7) is 2.00. The number of allylic oxidation sites excluding steroid dienone is 5. The summed E-state index contributed by atoms with van der Waals surface area (Å²) < 4.78 is 5.87. The normalized spacial score (nSPS) is 19.9. The molecule has 0 N–H and O–H groups in total. The minimum Gasteiger partial charge on any atom is -0.462 e. The quantitative estimate of drug-likeness (QED) is 0.731. The van der Waals surface area contributed by atoms with E-state index in [0.717, 1.165) is 17.9 Å². The van der Waals surface area contributed by atoms with Gasteiger partial charge in [-0.05, 0) is 42.7 Å². The van der Waals surface area contributed by atoms with Crippen LogP contribution in [-0.2, 0) is 0 Å². The summed E-state index contributed by atoms with van der Waals surface area (Å²) in [4.78, 5) is 0. The van der Waals surface area contributed by atoms with E-state index >= 15 is 0 Å². The Kier molecular flexibility index (Phi) is 2.53. The lowest BCUT2D eigenvalue weighted by Crippen LogP contribution is -2.01. The zero-order valence-corrected chi connectivity index (χ0v) is 11.5. The molecule has 1 aromatic carbocycles. The zero-order chi connectivity index (χ0) is 13.5. The number of hydrogen-bond donors (Lipinski definition) is 0. The molecule has 2 aromatic rings. The van der Waals surface area contributed by atoms with E-state index in [-0.39, 0.29) is 0 Å². The molecule has 0 aliphatic heterocycles. The predicted molar refractivity (Wildman–Crippen MR) is 82.3 cm³/mol. The van der Waals surface area contributed by atoms with E-state index in [0.29, 0.717) is 5.92 Å². The molecule has 0 amide bonds. The first-order valence-corrected chi connectivity index (χ1v) is 7.06. The monoisotopic (exact) mass is 260 g/mol. The Morgan fingerprint density at radius 3 is 2.75 bits per heavy atom. The summed E-state index contributed by atoms with van der Waals surface area (Å²) in [6, 6.07) is 12.8. The third-order valence-corrected chi connectivity index (χ3v) is 4.12. The van der Waals surface area contributed by atoms with E-state index in [2.05, 4.69) is 54.6 Å². The molecule has 0 saturated heterocycles. The van der Waals surface area contributed by atoms with E-state index < -0.39 is 0 Å². The molecule has 2 aliphatic carbocycles. The van der Waals surface area contributed by atoms with Crippen LogP contribution < -0.4 is 0 Å². The van der Waals surface area contributed by atoms with Gasteiger partial charge in [0, 0.05) is 11.5 Å². The topological polar surface area (TPSA) is 13.1 Å². The first kappa shape index (κ1) is 11.5. The van der Waals surface area contributed by atoms with Gasteiger partial charge < -0.3 is 4.42 Å². The standard InChI is InChI=1S/C19H16O/c1-13-10-11-18(20-13)17-12-15-8-4-5-9-16(15)19(17)14-6-2-3-7-14/h2-6,8-12,19H,7H2,1H3. The third kappa shape index (κ3) is 1.70. The minimum atomic E-state index is 0.340.